The predicted molar refractivity (Wildman–Crippen MR) is 132 cm³/mol. The number of ether oxygens (including phenoxy) is 1. The van der Waals surface area contributed by atoms with Gasteiger partial charge in [0.05, 0.1) is 12.0 Å². The van der Waals surface area contributed by atoms with Crippen molar-refractivity contribution in [2.75, 3.05) is 13.1 Å². The molecule has 2 bridgehead atoms. The molecule has 3 aliphatic heterocycles. The third kappa shape index (κ3) is 3.77. The number of carbonyl (C=O) groups excluding carboxylic acids is 1. The molecule has 0 spiro atoms. The van der Waals surface area contributed by atoms with E-state index in [0.29, 0.717) is 30.8 Å². The quantitative estimate of drug-likeness (QED) is 0.531. The van der Waals surface area contributed by atoms with Gasteiger partial charge in [-0.3, -0.25) is 9.59 Å². The van der Waals surface area contributed by atoms with Gasteiger partial charge in [-0.25, -0.2) is 4.79 Å². The lowest BCUT2D eigenvalue weighted by Gasteiger charge is -2.42. The molecule has 1 aromatic carbocycles. The van der Waals surface area contributed by atoms with E-state index in [-0.39, 0.29) is 35.3 Å². The molecule has 2 atom stereocenters. The molecule has 0 aliphatic carbocycles. The fraction of sp³-hybridized carbons (Fsp3) is 0.464. The van der Waals surface area contributed by atoms with Crippen LogP contribution in [0.3, 0.4) is 0 Å². The molecular weight excluding hydrogens is 444 g/mol. The van der Waals surface area contributed by atoms with Gasteiger partial charge in [0.25, 0.3) is 5.56 Å². The highest BCUT2D eigenvalue weighted by molar-refractivity contribution is 5.86. The van der Waals surface area contributed by atoms with E-state index in [2.05, 4.69) is 13.8 Å². The smallest absolute Gasteiger partial charge is 0.340 e. The first kappa shape index (κ1) is 22.1. The van der Waals surface area contributed by atoms with E-state index < -0.39 is 5.63 Å². The first-order chi connectivity index (χ1) is 16.7. The first-order valence-corrected chi connectivity index (χ1v) is 12.4. The molecule has 35 heavy (non-hydrogen) atoms. The van der Waals surface area contributed by atoms with E-state index in [9.17, 15) is 14.4 Å². The summed E-state index contributed by atoms with van der Waals surface area (Å²) in [5.41, 5.74) is 3.13. The van der Waals surface area contributed by atoms with Gasteiger partial charge < -0.3 is 18.6 Å². The first-order valence-electron chi connectivity index (χ1n) is 12.4. The summed E-state index contributed by atoms with van der Waals surface area (Å²) in [5.74, 6) is 1.09. The monoisotopic (exact) mass is 474 g/mol. The summed E-state index contributed by atoms with van der Waals surface area (Å²) >= 11 is 0. The molecule has 0 N–H and O–H groups in total. The van der Waals surface area contributed by atoms with Gasteiger partial charge >= 0.3 is 5.63 Å². The van der Waals surface area contributed by atoms with E-state index in [1.807, 2.05) is 34.6 Å². The molecule has 0 unspecified atom stereocenters. The summed E-state index contributed by atoms with van der Waals surface area (Å²) in [7, 11) is 0. The topological polar surface area (TPSA) is 81.8 Å². The van der Waals surface area contributed by atoms with Crippen LogP contribution in [-0.4, -0.2) is 34.1 Å². The molecule has 5 heterocycles. The molecule has 6 rings (SSSR count). The molecule has 7 nitrogen and oxygen atoms in total. The number of pyridine rings is 1. The number of benzene rings is 1. The average molecular weight is 475 g/mol. The molecule has 3 aliphatic rings. The zero-order valence-corrected chi connectivity index (χ0v) is 20.4. The summed E-state index contributed by atoms with van der Waals surface area (Å²) in [6.07, 6.45) is 2.81. The second-order valence-electron chi connectivity index (χ2n) is 11.0. The number of hydrogen-bond donors (Lipinski definition) is 0. The summed E-state index contributed by atoms with van der Waals surface area (Å²) in [6, 6.07) is 9.25. The second kappa shape index (κ2) is 7.83. The predicted octanol–water partition coefficient (Wildman–Crippen LogP) is 3.56. The van der Waals surface area contributed by atoms with Crippen LogP contribution in [0.4, 0.5) is 0 Å². The van der Waals surface area contributed by atoms with Crippen LogP contribution in [0.25, 0.3) is 11.0 Å². The minimum Gasteiger partial charge on any atom is -0.487 e. The van der Waals surface area contributed by atoms with Crippen molar-refractivity contribution in [1.29, 1.82) is 0 Å². The Kier molecular flexibility index (Phi) is 4.95. The Balaban J connectivity index is 1.28. The number of nitrogens with zero attached hydrogens (tertiary/aromatic N) is 2. The van der Waals surface area contributed by atoms with Crippen molar-refractivity contribution in [3.8, 4) is 5.75 Å². The Morgan fingerprint density at radius 3 is 2.80 bits per heavy atom. The minimum atomic E-state index is -0.465. The van der Waals surface area contributed by atoms with E-state index in [4.69, 9.17) is 9.15 Å². The summed E-state index contributed by atoms with van der Waals surface area (Å²) in [5, 5.41) is 0.860. The van der Waals surface area contributed by atoms with Crippen molar-refractivity contribution in [2.45, 2.75) is 64.5 Å². The molecule has 0 saturated carbocycles. The van der Waals surface area contributed by atoms with Crippen molar-refractivity contribution < 1.29 is 13.9 Å². The van der Waals surface area contributed by atoms with E-state index in [0.717, 1.165) is 47.2 Å². The molecular formula is C28H30N2O5. The van der Waals surface area contributed by atoms with Gasteiger partial charge in [-0.05, 0) is 69.2 Å². The summed E-state index contributed by atoms with van der Waals surface area (Å²) in [6.45, 7) is 7.82. The number of fused-ring (bicyclic) bond motifs is 6. The lowest BCUT2D eigenvalue weighted by atomic mass is 9.83. The Labute approximate surface area is 203 Å². The number of aromatic nitrogens is 1. The van der Waals surface area contributed by atoms with Gasteiger partial charge in [0, 0.05) is 48.8 Å². The summed E-state index contributed by atoms with van der Waals surface area (Å²) < 4.78 is 13.6. The van der Waals surface area contributed by atoms with Crippen LogP contribution in [0.2, 0.25) is 0 Å². The molecule has 1 amide bonds. The van der Waals surface area contributed by atoms with Crippen LogP contribution in [0.5, 0.6) is 5.75 Å². The second-order valence-corrected chi connectivity index (χ2v) is 11.0. The van der Waals surface area contributed by atoms with Crippen LogP contribution >= 0.6 is 0 Å². The van der Waals surface area contributed by atoms with Gasteiger partial charge in [-0.2, -0.15) is 0 Å². The van der Waals surface area contributed by atoms with Crippen LogP contribution in [0.15, 0.2) is 44.3 Å². The highest BCUT2D eigenvalue weighted by Gasteiger charge is 2.36. The molecule has 0 radical (unpaired) electrons. The zero-order chi connectivity index (χ0) is 24.5. The molecule has 1 saturated heterocycles. The fourth-order valence-electron chi connectivity index (χ4n) is 6.10. The molecule has 2 aromatic heterocycles. The van der Waals surface area contributed by atoms with Crippen LogP contribution < -0.4 is 15.9 Å². The van der Waals surface area contributed by atoms with Crippen LogP contribution in [0.1, 0.15) is 55.0 Å². The number of carbonyl (C=O) groups is 1. The Morgan fingerprint density at radius 2 is 1.97 bits per heavy atom. The highest BCUT2D eigenvalue weighted by Crippen LogP contribution is 2.37. The lowest BCUT2D eigenvalue weighted by Crippen LogP contribution is -2.49. The Hall–Kier alpha value is -3.35. The number of piperidine rings is 1. The number of amides is 1. The van der Waals surface area contributed by atoms with Crippen molar-refractivity contribution >= 4 is 16.9 Å². The van der Waals surface area contributed by atoms with E-state index in [1.165, 1.54) is 0 Å². The number of hydrogen-bond acceptors (Lipinski definition) is 5. The SMILES string of the molecule is Cc1c(CC(=O)N2C[C@@H]3C[C@@H](C2)c2cccc(=O)n2C3)c(=O)oc2cc3c(cc12)CCC(C)(C)O3. The maximum Gasteiger partial charge on any atom is 0.340 e. The van der Waals surface area contributed by atoms with Crippen molar-refractivity contribution in [3.05, 3.63) is 73.5 Å². The third-order valence-electron chi connectivity index (χ3n) is 8.01. The van der Waals surface area contributed by atoms with Crippen LogP contribution in [-0.2, 0) is 24.2 Å². The number of aryl methyl sites for hydroxylation is 2. The third-order valence-corrected chi connectivity index (χ3v) is 8.01. The molecule has 1 fully saturated rings. The fourth-order valence-corrected chi connectivity index (χ4v) is 6.10. The minimum absolute atomic E-state index is 0.0196. The Bertz CT molecular complexity index is 1480. The molecule has 3 aromatic rings. The van der Waals surface area contributed by atoms with Crippen molar-refractivity contribution in [2.24, 2.45) is 5.92 Å². The van der Waals surface area contributed by atoms with Gasteiger partial charge in [-0.1, -0.05) is 6.07 Å². The lowest BCUT2D eigenvalue weighted by molar-refractivity contribution is -0.133. The average Bonchev–Trinajstić information content (AvgIpc) is 2.81. The standard InChI is InChI=1S/C28H30N2O5/c1-16-20-10-18-7-8-28(2,3)35-23(18)12-24(20)34-27(33)21(16)11-26(32)29-13-17-9-19(15-29)22-5-4-6-25(31)30(22)14-17/h4-6,10,12,17,19H,7-9,11,13-15H2,1-3H3/t17-,19-/m0/s1. The summed E-state index contributed by atoms with van der Waals surface area (Å²) in [4.78, 5) is 40.5. The van der Waals surface area contributed by atoms with Crippen molar-refractivity contribution in [3.63, 3.8) is 0 Å². The maximum atomic E-state index is 13.4. The van der Waals surface area contributed by atoms with Gasteiger partial charge in [0.15, 0.2) is 0 Å². The van der Waals surface area contributed by atoms with Gasteiger partial charge in [0.1, 0.15) is 16.9 Å². The normalized spacial score (nSPS) is 22.3. The van der Waals surface area contributed by atoms with Gasteiger partial charge in [-0.15, -0.1) is 0 Å². The Morgan fingerprint density at radius 1 is 1.14 bits per heavy atom. The number of rotatable bonds is 2. The highest BCUT2D eigenvalue weighted by atomic mass is 16.5. The van der Waals surface area contributed by atoms with Crippen LogP contribution in [0, 0.1) is 12.8 Å². The molecule has 7 heteroatoms. The zero-order valence-electron chi connectivity index (χ0n) is 20.4. The van der Waals surface area contributed by atoms with Gasteiger partial charge in [0.2, 0.25) is 5.91 Å². The largest absolute Gasteiger partial charge is 0.487 e. The van der Waals surface area contributed by atoms with E-state index >= 15 is 0 Å². The maximum absolute atomic E-state index is 13.4. The van der Waals surface area contributed by atoms with Crippen molar-refractivity contribution in [1.82, 2.24) is 9.47 Å². The number of likely N-dealkylation sites (tertiary alicyclic amines) is 1. The molecule has 182 valence electrons. The van der Waals surface area contributed by atoms with E-state index in [1.54, 1.807) is 12.1 Å².